The molecular formula is C19H18N4O4S. The maximum absolute atomic E-state index is 12.1. The fourth-order valence-corrected chi connectivity index (χ4v) is 3.04. The molecule has 3 aromatic rings. The molecule has 1 aromatic heterocycles. The van der Waals surface area contributed by atoms with Gasteiger partial charge >= 0.3 is 0 Å². The van der Waals surface area contributed by atoms with Crippen LogP contribution in [0.1, 0.15) is 22.6 Å². The molecule has 0 bridgehead atoms. The fraction of sp³-hybridized carbons (Fsp3) is 0.211. The molecule has 2 aromatic carbocycles. The number of carbonyl (C=O) groups excluding carboxylic acids is 1. The van der Waals surface area contributed by atoms with Crippen molar-refractivity contribution in [3.63, 3.8) is 0 Å². The summed E-state index contributed by atoms with van der Waals surface area (Å²) in [5.74, 6) is 0.204. The number of nitro groups is 1. The zero-order valence-electron chi connectivity index (χ0n) is 15.3. The number of nitrogens with one attached hydrogen (secondary N) is 1. The highest BCUT2D eigenvalue weighted by atomic mass is 32.2. The van der Waals surface area contributed by atoms with Crippen LogP contribution in [0.5, 0.6) is 0 Å². The van der Waals surface area contributed by atoms with E-state index in [1.165, 1.54) is 11.6 Å². The predicted molar refractivity (Wildman–Crippen MR) is 105 cm³/mol. The van der Waals surface area contributed by atoms with Gasteiger partial charge in [0.1, 0.15) is 0 Å². The second-order valence-electron chi connectivity index (χ2n) is 6.22. The topological polar surface area (TPSA) is 111 Å². The summed E-state index contributed by atoms with van der Waals surface area (Å²) >= 11 is 1.11. The number of benzene rings is 2. The lowest BCUT2D eigenvalue weighted by atomic mass is 10.1. The molecule has 0 saturated carbocycles. The van der Waals surface area contributed by atoms with Gasteiger partial charge in [0.2, 0.25) is 11.8 Å². The SMILES string of the molecule is Cc1ccc(Cc2nnc(SCC(=O)Nc3ccc(C)c([N+](=O)[O-])c3)o2)cc1. The van der Waals surface area contributed by atoms with E-state index < -0.39 is 4.92 Å². The van der Waals surface area contributed by atoms with Gasteiger partial charge in [-0.25, -0.2) is 0 Å². The number of thioether (sulfide) groups is 1. The molecule has 0 spiro atoms. The third kappa shape index (κ3) is 5.17. The molecule has 3 rings (SSSR count). The maximum atomic E-state index is 12.1. The van der Waals surface area contributed by atoms with Crippen LogP contribution in [0.4, 0.5) is 11.4 Å². The molecular weight excluding hydrogens is 380 g/mol. The molecule has 0 saturated heterocycles. The largest absolute Gasteiger partial charge is 0.416 e. The Balaban J connectivity index is 1.54. The second-order valence-corrected chi connectivity index (χ2v) is 7.15. The molecule has 28 heavy (non-hydrogen) atoms. The Morgan fingerprint density at radius 2 is 1.93 bits per heavy atom. The summed E-state index contributed by atoms with van der Waals surface area (Å²) in [6, 6.07) is 12.6. The zero-order valence-corrected chi connectivity index (χ0v) is 16.2. The van der Waals surface area contributed by atoms with E-state index in [-0.39, 0.29) is 17.3 Å². The normalized spacial score (nSPS) is 10.6. The Hall–Kier alpha value is -3.20. The third-order valence-electron chi connectivity index (χ3n) is 3.94. The summed E-state index contributed by atoms with van der Waals surface area (Å²) in [6.45, 7) is 3.66. The molecule has 9 heteroatoms. The van der Waals surface area contributed by atoms with E-state index in [0.717, 1.165) is 17.3 Å². The molecule has 1 N–H and O–H groups in total. The monoisotopic (exact) mass is 398 g/mol. The highest BCUT2D eigenvalue weighted by Gasteiger charge is 2.14. The first-order valence-electron chi connectivity index (χ1n) is 8.46. The fourth-order valence-electron chi connectivity index (χ4n) is 2.46. The average molecular weight is 398 g/mol. The van der Waals surface area contributed by atoms with Crippen molar-refractivity contribution in [3.8, 4) is 0 Å². The number of nitro benzene ring substituents is 1. The van der Waals surface area contributed by atoms with Crippen molar-refractivity contribution in [2.75, 3.05) is 11.1 Å². The number of aromatic nitrogens is 2. The van der Waals surface area contributed by atoms with Crippen LogP contribution in [-0.2, 0) is 11.2 Å². The second kappa shape index (κ2) is 8.66. The quantitative estimate of drug-likeness (QED) is 0.365. The van der Waals surface area contributed by atoms with E-state index in [4.69, 9.17) is 4.42 Å². The standard InChI is InChI=1S/C19H18N4O4S/c1-12-3-6-14(7-4-12)9-18-21-22-19(27-18)28-11-17(24)20-15-8-5-13(2)16(10-15)23(25)26/h3-8,10H,9,11H2,1-2H3,(H,20,24). The van der Waals surface area contributed by atoms with Crippen molar-refractivity contribution in [3.05, 3.63) is 75.2 Å². The number of amides is 1. The van der Waals surface area contributed by atoms with Crippen LogP contribution in [0, 0.1) is 24.0 Å². The van der Waals surface area contributed by atoms with Crippen molar-refractivity contribution in [2.45, 2.75) is 25.5 Å². The summed E-state index contributed by atoms with van der Waals surface area (Å²) in [7, 11) is 0. The van der Waals surface area contributed by atoms with Crippen LogP contribution in [0.3, 0.4) is 0 Å². The number of aryl methyl sites for hydroxylation is 2. The van der Waals surface area contributed by atoms with Crippen molar-refractivity contribution in [1.29, 1.82) is 0 Å². The molecule has 1 amide bonds. The molecule has 144 valence electrons. The van der Waals surface area contributed by atoms with Gasteiger partial charge in [-0.15, -0.1) is 10.2 Å². The van der Waals surface area contributed by atoms with Crippen LogP contribution >= 0.6 is 11.8 Å². The van der Waals surface area contributed by atoms with Gasteiger partial charge in [0.15, 0.2) is 0 Å². The Kier molecular flexibility index (Phi) is 6.05. The first kappa shape index (κ1) is 19.6. The Bertz CT molecular complexity index is 1000. The van der Waals surface area contributed by atoms with Crippen molar-refractivity contribution < 1.29 is 14.1 Å². The number of hydrogen-bond acceptors (Lipinski definition) is 7. The van der Waals surface area contributed by atoms with E-state index >= 15 is 0 Å². The van der Waals surface area contributed by atoms with Crippen molar-refractivity contribution >= 4 is 29.0 Å². The third-order valence-corrected chi connectivity index (χ3v) is 4.76. The summed E-state index contributed by atoms with van der Waals surface area (Å²) in [5, 5.41) is 21.8. The van der Waals surface area contributed by atoms with E-state index in [2.05, 4.69) is 15.5 Å². The minimum atomic E-state index is -0.478. The van der Waals surface area contributed by atoms with Gasteiger partial charge in [0, 0.05) is 17.3 Å². The lowest BCUT2D eigenvalue weighted by molar-refractivity contribution is -0.385. The van der Waals surface area contributed by atoms with Gasteiger partial charge in [-0.05, 0) is 25.5 Å². The van der Waals surface area contributed by atoms with Gasteiger partial charge in [0.05, 0.1) is 17.1 Å². The minimum Gasteiger partial charge on any atom is -0.416 e. The first-order chi connectivity index (χ1) is 13.4. The molecule has 0 fully saturated rings. The van der Waals surface area contributed by atoms with Crippen LogP contribution < -0.4 is 5.32 Å². The first-order valence-corrected chi connectivity index (χ1v) is 9.45. The molecule has 0 unspecified atom stereocenters. The molecule has 0 atom stereocenters. The van der Waals surface area contributed by atoms with Gasteiger partial charge in [-0.2, -0.15) is 0 Å². The number of anilines is 1. The highest BCUT2D eigenvalue weighted by Crippen LogP contribution is 2.23. The summed E-state index contributed by atoms with van der Waals surface area (Å²) < 4.78 is 5.56. The molecule has 1 heterocycles. The number of hydrogen-bond donors (Lipinski definition) is 1. The number of carbonyl (C=O) groups is 1. The Labute approximate surface area is 165 Å². The minimum absolute atomic E-state index is 0.0388. The summed E-state index contributed by atoms with van der Waals surface area (Å²) in [6.07, 6.45) is 0.521. The van der Waals surface area contributed by atoms with Crippen LogP contribution in [0.2, 0.25) is 0 Å². The van der Waals surface area contributed by atoms with E-state index in [9.17, 15) is 14.9 Å². The van der Waals surface area contributed by atoms with E-state index in [1.54, 1.807) is 19.1 Å². The Morgan fingerprint density at radius 3 is 2.64 bits per heavy atom. The zero-order chi connectivity index (χ0) is 20.1. The number of rotatable bonds is 7. The summed E-state index contributed by atoms with van der Waals surface area (Å²) in [4.78, 5) is 22.6. The molecule has 0 radical (unpaired) electrons. The van der Waals surface area contributed by atoms with Gasteiger partial charge in [-0.1, -0.05) is 47.7 Å². The summed E-state index contributed by atoms with van der Waals surface area (Å²) in [5.41, 5.74) is 3.10. The smallest absolute Gasteiger partial charge is 0.277 e. The molecule has 0 aliphatic heterocycles. The van der Waals surface area contributed by atoms with Crippen molar-refractivity contribution in [1.82, 2.24) is 10.2 Å². The van der Waals surface area contributed by atoms with Crippen LogP contribution in [-0.4, -0.2) is 26.8 Å². The van der Waals surface area contributed by atoms with Crippen LogP contribution in [0.25, 0.3) is 0 Å². The predicted octanol–water partition coefficient (Wildman–Crippen LogP) is 3.92. The van der Waals surface area contributed by atoms with Gasteiger partial charge in [-0.3, -0.25) is 14.9 Å². The maximum Gasteiger partial charge on any atom is 0.277 e. The van der Waals surface area contributed by atoms with Crippen molar-refractivity contribution in [2.24, 2.45) is 0 Å². The molecule has 0 aliphatic carbocycles. The average Bonchev–Trinajstić information content (AvgIpc) is 3.11. The van der Waals surface area contributed by atoms with E-state index in [0.29, 0.717) is 28.8 Å². The Morgan fingerprint density at radius 1 is 1.18 bits per heavy atom. The lowest BCUT2D eigenvalue weighted by Crippen LogP contribution is -2.14. The number of nitrogens with zero attached hydrogens (tertiary/aromatic N) is 3. The van der Waals surface area contributed by atoms with Gasteiger partial charge in [0.25, 0.3) is 10.9 Å². The molecule has 0 aliphatic rings. The molecule has 8 nitrogen and oxygen atoms in total. The van der Waals surface area contributed by atoms with Crippen LogP contribution in [0.15, 0.2) is 52.1 Å². The lowest BCUT2D eigenvalue weighted by Gasteiger charge is -2.05. The van der Waals surface area contributed by atoms with E-state index in [1.807, 2.05) is 31.2 Å². The highest BCUT2D eigenvalue weighted by molar-refractivity contribution is 7.99. The van der Waals surface area contributed by atoms with Gasteiger partial charge < -0.3 is 9.73 Å².